The largest absolute Gasteiger partial charge is 0.497 e. The molecule has 30 heavy (non-hydrogen) atoms. The molecule has 3 rings (SSSR count). The van der Waals surface area contributed by atoms with Gasteiger partial charge in [0.2, 0.25) is 0 Å². The lowest BCUT2D eigenvalue weighted by atomic mass is 9.83. The maximum Gasteiger partial charge on any atom is 0.336 e. The monoisotopic (exact) mass is 427 g/mol. The van der Waals surface area contributed by atoms with E-state index in [2.05, 4.69) is 0 Å². The lowest BCUT2D eigenvalue weighted by molar-refractivity contribution is -0.137. The molecule has 0 bridgehead atoms. The highest BCUT2D eigenvalue weighted by Gasteiger charge is 2.35. The average molecular weight is 428 g/mol. The van der Waals surface area contributed by atoms with E-state index in [1.165, 1.54) is 14.2 Å². The Morgan fingerprint density at radius 2 is 1.40 bits per heavy atom. The molecule has 0 unspecified atom stereocenters. The lowest BCUT2D eigenvalue weighted by Gasteiger charge is -2.30. The zero-order valence-corrected chi connectivity index (χ0v) is 17.7. The molecule has 1 aliphatic heterocycles. The van der Waals surface area contributed by atoms with Crippen LogP contribution in [0.4, 0.5) is 0 Å². The van der Waals surface area contributed by atoms with Crippen molar-refractivity contribution < 1.29 is 23.8 Å². The molecule has 0 spiro atoms. The summed E-state index contributed by atoms with van der Waals surface area (Å²) in [5.74, 6) is -0.931. The first kappa shape index (κ1) is 21.5. The molecule has 0 saturated carbocycles. The van der Waals surface area contributed by atoms with E-state index in [1.807, 2.05) is 24.3 Å². The Kier molecular flexibility index (Phi) is 6.79. The summed E-state index contributed by atoms with van der Waals surface area (Å²) in [5.41, 5.74) is 2.37. The number of methoxy groups -OCH3 is 3. The van der Waals surface area contributed by atoms with Crippen molar-refractivity contribution in [2.75, 3.05) is 21.3 Å². The molecule has 0 N–H and O–H groups in total. The van der Waals surface area contributed by atoms with E-state index >= 15 is 0 Å². The van der Waals surface area contributed by atoms with Crippen molar-refractivity contribution in [2.45, 2.75) is 12.5 Å². The number of halogens is 1. The van der Waals surface area contributed by atoms with E-state index in [1.54, 1.807) is 48.7 Å². The summed E-state index contributed by atoms with van der Waals surface area (Å²) in [5, 5.41) is 0.558. The quantitative estimate of drug-likeness (QED) is 0.648. The molecule has 0 aliphatic carbocycles. The molecule has 6 nitrogen and oxygen atoms in total. The van der Waals surface area contributed by atoms with Crippen molar-refractivity contribution in [3.8, 4) is 5.75 Å². The molecular weight excluding hydrogens is 406 g/mol. The van der Waals surface area contributed by atoms with Gasteiger partial charge in [0.05, 0.1) is 38.4 Å². The predicted octanol–water partition coefficient (Wildman–Crippen LogP) is 4.06. The van der Waals surface area contributed by atoms with Gasteiger partial charge in [-0.3, -0.25) is 0 Å². The smallest absolute Gasteiger partial charge is 0.336 e. The number of ether oxygens (including phenoxy) is 3. The molecule has 0 atom stereocenters. The average Bonchev–Trinajstić information content (AvgIpc) is 2.78. The Bertz CT molecular complexity index is 946. The molecule has 2 aromatic rings. The van der Waals surface area contributed by atoms with Crippen LogP contribution in [0.15, 0.2) is 72.1 Å². The first-order valence-electron chi connectivity index (χ1n) is 9.21. The second-order valence-electron chi connectivity index (χ2n) is 6.66. The van der Waals surface area contributed by atoms with Gasteiger partial charge in [0, 0.05) is 24.0 Å². The zero-order valence-electron chi connectivity index (χ0n) is 16.9. The third-order valence-corrected chi connectivity index (χ3v) is 5.05. The molecule has 1 heterocycles. The molecule has 0 fully saturated rings. The van der Waals surface area contributed by atoms with Gasteiger partial charge in [-0.1, -0.05) is 35.9 Å². The van der Waals surface area contributed by atoms with Crippen LogP contribution >= 0.6 is 11.6 Å². The molecule has 1 aliphatic rings. The molecule has 2 aromatic carbocycles. The molecule has 0 amide bonds. The summed E-state index contributed by atoms with van der Waals surface area (Å²) in [6, 6.07) is 14.5. The Morgan fingerprint density at radius 1 is 0.867 bits per heavy atom. The maximum absolute atomic E-state index is 12.6. The molecule has 156 valence electrons. The highest BCUT2D eigenvalue weighted by molar-refractivity contribution is 6.30. The first-order chi connectivity index (χ1) is 14.5. The minimum absolute atomic E-state index is 0.330. The second kappa shape index (κ2) is 9.50. The van der Waals surface area contributed by atoms with E-state index in [-0.39, 0.29) is 0 Å². The standard InChI is InChI=1S/C23H22ClNO5/c1-28-18-10-4-15(5-11-18)12-25-13-19(22(26)29-2)21(20(14-25)23(27)30-3)16-6-8-17(24)9-7-16/h4-11,13-14,21H,12H2,1-3H3. The van der Waals surface area contributed by atoms with Gasteiger partial charge >= 0.3 is 11.9 Å². The number of carbonyl (C=O) groups is 2. The van der Waals surface area contributed by atoms with Gasteiger partial charge in [0.25, 0.3) is 0 Å². The van der Waals surface area contributed by atoms with Gasteiger partial charge in [0.15, 0.2) is 0 Å². The zero-order chi connectivity index (χ0) is 21.7. The Balaban J connectivity index is 2.03. The van der Waals surface area contributed by atoms with Gasteiger partial charge in [-0.25, -0.2) is 9.59 Å². The van der Waals surface area contributed by atoms with Crippen molar-refractivity contribution in [1.82, 2.24) is 4.90 Å². The van der Waals surface area contributed by atoms with Gasteiger partial charge in [0.1, 0.15) is 5.75 Å². The number of esters is 2. The summed E-state index contributed by atoms with van der Waals surface area (Å²) in [6.07, 6.45) is 3.39. The van der Waals surface area contributed by atoms with Crippen LogP contribution in [0.5, 0.6) is 5.75 Å². The first-order valence-corrected chi connectivity index (χ1v) is 9.58. The Hall–Kier alpha value is -3.25. The maximum atomic E-state index is 12.6. The number of hydrogen-bond donors (Lipinski definition) is 0. The summed E-state index contributed by atoms with van der Waals surface area (Å²) in [6.45, 7) is 0.443. The normalized spacial score (nSPS) is 13.9. The summed E-state index contributed by atoms with van der Waals surface area (Å²) in [7, 11) is 4.23. The minimum Gasteiger partial charge on any atom is -0.497 e. The topological polar surface area (TPSA) is 65.1 Å². The van der Waals surface area contributed by atoms with Crippen LogP contribution in [0.25, 0.3) is 0 Å². The van der Waals surface area contributed by atoms with Crippen LogP contribution < -0.4 is 4.74 Å². The summed E-state index contributed by atoms with van der Waals surface area (Å²) in [4.78, 5) is 27.0. The number of hydrogen-bond acceptors (Lipinski definition) is 6. The predicted molar refractivity (Wildman–Crippen MR) is 113 cm³/mol. The number of benzene rings is 2. The molecule has 7 heteroatoms. The molecule has 0 radical (unpaired) electrons. The van der Waals surface area contributed by atoms with Gasteiger partial charge in [-0.15, -0.1) is 0 Å². The fourth-order valence-electron chi connectivity index (χ4n) is 3.34. The van der Waals surface area contributed by atoms with E-state index < -0.39 is 17.9 Å². The number of carbonyl (C=O) groups excluding carboxylic acids is 2. The fraction of sp³-hybridized carbons (Fsp3) is 0.217. The van der Waals surface area contributed by atoms with Crippen LogP contribution in [-0.2, 0) is 25.6 Å². The fourth-order valence-corrected chi connectivity index (χ4v) is 3.46. The van der Waals surface area contributed by atoms with Crippen LogP contribution in [-0.4, -0.2) is 38.2 Å². The van der Waals surface area contributed by atoms with Crippen molar-refractivity contribution in [1.29, 1.82) is 0 Å². The Morgan fingerprint density at radius 3 is 1.87 bits per heavy atom. The lowest BCUT2D eigenvalue weighted by Crippen LogP contribution is -2.28. The highest BCUT2D eigenvalue weighted by atomic mass is 35.5. The van der Waals surface area contributed by atoms with E-state index in [0.29, 0.717) is 22.7 Å². The van der Waals surface area contributed by atoms with Crippen molar-refractivity contribution in [3.63, 3.8) is 0 Å². The van der Waals surface area contributed by atoms with E-state index in [0.717, 1.165) is 16.9 Å². The number of nitrogens with zero attached hydrogens (tertiary/aromatic N) is 1. The van der Waals surface area contributed by atoms with E-state index in [4.69, 9.17) is 25.8 Å². The molecule has 0 saturated heterocycles. The van der Waals surface area contributed by atoms with Crippen molar-refractivity contribution in [3.05, 3.63) is 88.2 Å². The van der Waals surface area contributed by atoms with E-state index in [9.17, 15) is 9.59 Å². The second-order valence-corrected chi connectivity index (χ2v) is 7.09. The SMILES string of the molecule is COC(=O)C1=CN(Cc2ccc(OC)cc2)C=C(C(=O)OC)C1c1ccc(Cl)cc1. The minimum atomic E-state index is -0.630. The third-order valence-electron chi connectivity index (χ3n) is 4.80. The van der Waals surface area contributed by atoms with Crippen molar-refractivity contribution in [2.24, 2.45) is 0 Å². The van der Waals surface area contributed by atoms with Gasteiger partial charge < -0.3 is 19.1 Å². The highest BCUT2D eigenvalue weighted by Crippen LogP contribution is 2.37. The van der Waals surface area contributed by atoms with Crippen LogP contribution in [0.3, 0.4) is 0 Å². The molecule has 0 aromatic heterocycles. The van der Waals surface area contributed by atoms with Gasteiger partial charge in [-0.05, 0) is 35.4 Å². The van der Waals surface area contributed by atoms with Crippen LogP contribution in [0.1, 0.15) is 17.0 Å². The van der Waals surface area contributed by atoms with Gasteiger partial charge in [-0.2, -0.15) is 0 Å². The van der Waals surface area contributed by atoms with Crippen LogP contribution in [0.2, 0.25) is 5.02 Å². The Labute approximate surface area is 180 Å². The third kappa shape index (κ3) is 4.66. The summed E-state index contributed by atoms with van der Waals surface area (Å²) >= 11 is 6.01. The van der Waals surface area contributed by atoms with Crippen molar-refractivity contribution >= 4 is 23.5 Å². The summed E-state index contributed by atoms with van der Waals surface area (Å²) < 4.78 is 15.2. The molecular formula is C23H22ClNO5. The number of rotatable bonds is 6. The van der Waals surface area contributed by atoms with Crippen LogP contribution in [0, 0.1) is 0 Å².